The van der Waals surface area contributed by atoms with Gasteiger partial charge in [-0.2, -0.15) is 0 Å². The second-order valence-corrected chi connectivity index (χ2v) is 11.7. The van der Waals surface area contributed by atoms with E-state index in [1.165, 1.54) is 11.6 Å². The lowest BCUT2D eigenvalue weighted by molar-refractivity contribution is 0.0650. The van der Waals surface area contributed by atoms with Crippen LogP contribution >= 0.6 is 0 Å². The first-order chi connectivity index (χ1) is 16.6. The molecular weight excluding hydrogens is 452 g/mol. The van der Waals surface area contributed by atoms with Gasteiger partial charge in [0.2, 0.25) is 0 Å². The maximum absolute atomic E-state index is 11.5. The number of carbonyl (C=O) groups is 2. The summed E-state index contributed by atoms with van der Waals surface area (Å²) in [5, 5.41) is 28.9. The number of hydrogen-bond acceptors (Lipinski definition) is 3. The molecule has 0 unspecified atom stereocenters. The molecule has 0 heterocycles. The highest BCUT2D eigenvalue weighted by Gasteiger charge is 2.26. The summed E-state index contributed by atoms with van der Waals surface area (Å²) in [4.78, 5) is 22.7. The van der Waals surface area contributed by atoms with Gasteiger partial charge in [0.1, 0.15) is 5.75 Å². The quantitative estimate of drug-likeness (QED) is 0.342. The minimum Gasteiger partial charge on any atom is -0.507 e. The molecule has 5 heteroatoms. The lowest BCUT2D eigenvalue weighted by Crippen LogP contribution is -2.17. The summed E-state index contributed by atoms with van der Waals surface area (Å²) in [5.74, 6) is -1.86. The third-order valence-electron chi connectivity index (χ3n) is 6.30. The molecular formula is C31H46O5. The standard InChI is InChI=1S/C16H22O4.C15H24O/c1-3-5-7-11-9-10-13(15(17)18)14(16(19)20)12(11)8-6-4-2;1-10-8-11(14(2,3)4)13(16)12(9-10)15(5,6)7/h9-10H,3-8H2,1-2H3,(H,17,18)(H,19,20);8-9,16H,1-7H3. The van der Waals surface area contributed by atoms with Crippen LogP contribution in [-0.4, -0.2) is 27.3 Å². The first kappa shape index (κ1) is 31.2. The summed E-state index contributed by atoms with van der Waals surface area (Å²) in [6.45, 7) is 19.0. The number of aromatic hydroxyl groups is 1. The Labute approximate surface area is 217 Å². The van der Waals surface area contributed by atoms with Crippen molar-refractivity contribution in [3.63, 3.8) is 0 Å². The van der Waals surface area contributed by atoms with E-state index in [2.05, 4.69) is 67.5 Å². The number of carboxylic acid groups (broad SMARTS) is 2. The van der Waals surface area contributed by atoms with Crippen molar-refractivity contribution in [3.05, 3.63) is 63.2 Å². The zero-order chi connectivity index (χ0) is 27.8. The normalized spacial score (nSPS) is 11.6. The van der Waals surface area contributed by atoms with Crippen LogP contribution in [0, 0.1) is 6.92 Å². The molecule has 200 valence electrons. The highest BCUT2D eigenvalue weighted by Crippen LogP contribution is 2.39. The van der Waals surface area contributed by atoms with Crippen molar-refractivity contribution >= 4 is 11.9 Å². The number of phenols is 1. The smallest absolute Gasteiger partial charge is 0.336 e. The minimum absolute atomic E-state index is 0.0178. The molecule has 0 aliphatic rings. The lowest BCUT2D eigenvalue weighted by Gasteiger charge is -2.27. The minimum atomic E-state index is -1.18. The molecule has 0 aliphatic heterocycles. The largest absolute Gasteiger partial charge is 0.507 e. The molecule has 0 amide bonds. The molecule has 0 atom stereocenters. The Morgan fingerprint density at radius 1 is 0.778 bits per heavy atom. The summed E-state index contributed by atoms with van der Waals surface area (Å²) in [7, 11) is 0. The topological polar surface area (TPSA) is 94.8 Å². The van der Waals surface area contributed by atoms with E-state index < -0.39 is 11.9 Å². The molecule has 5 nitrogen and oxygen atoms in total. The molecule has 0 saturated heterocycles. The van der Waals surface area contributed by atoms with Gasteiger partial charge in [0.25, 0.3) is 0 Å². The lowest BCUT2D eigenvalue weighted by atomic mass is 9.78. The van der Waals surface area contributed by atoms with Gasteiger partial charge in [0, 0.05) is 0 Å². The summed E-state index contributed by atoms with van der Waals surface area (Å²) in [6.07, 6.45) is 5.24. The fourth-order valence-corrected chi connectivity index (χ4v) is 4.28. The fraction of sp³-hybridized carbons (Fsp3) is 0.548. The molecule has 0 aliphatic carbocycles. The van der Waals surface area contributed by atoms with Gasteiger partial charge >= 0.3 is 11.9 Å². The summed E-state index contributed by atoms with van der Waals surface area (Å²) in [6, 6.07) is 7.37. The molecule has 2 aromatic carbocycles. The molecule has 0 aromatic heterocycles. The third kappa shape index (κ3) is 8.39. The monoisotopic (exact) mass is 498 g/mol. The van der Waals surface area contributed by atoms with Gasteiger partial charge in [0.15, 0.2) is 0 Å². The van der Waals surface area contributed by atoms with E-state index in [0.717, 1.165) is 48.8 Å². The number of aryl methyl sites for hydroxylation is 2. The van der Waals surface area contributed by atoms with Gasteiger partial charge in [-0.1, -0.05) is 92.0 Å². The summed E-state index contributed by atoms with van der Waals surface area (Å²) < 4.78 is 0. The number of carboxylic acids is 2. The Balaban J connectivity index is 0.000000369. The number of hydrogen-bond donors (Lipinski definition) is 3. The average molecular weight is 499 g/mol. The van der Waals surface area contributed by atoms with E-state index in [0.29, 0.717) is 17.7 Å². The van der Waals surface area contributed by atoms with Crippen LogP contribution in [0.3, 0.4) is 0 Å². The number of unbranched alkanes of at least 4 members (excludes halogenated alkanes) is 2. The number of rotatable bonds is 8. The molecule has 0 spiro atoms. The van der Waals surface area contributed by atoms with E-state index >= 15 is 0 Å². The van der Waals surface area contributed by atoms with Gasteiger partial charge in [-0.05, 0) is 71.8 Å². The number of benzene rings is 2. The van der Waals surface area contributed by atoms with Crippen LogP contribution in [0.1, 0.15) is 130 Å². The maximum atomic E-state index is 11.5. The van der Waals surface area contributed by atoms with Gasteiger partial charge in [-0.25, -0.2) is 9.59 Å². The van der Waals surface area contributed by atoms with Crippen molar-refractivity contribution in [3.8, 4) is 5.75 Å². The molecule has 2 rings (SSSR count). The molecule has 2 aromatic rings. The zero-order valence-electron chi connectivity index (χ0n) is 23.7. The van der Waals surface area contributed by atoms with Crippen LogP contribution < -0.4 is 0 Å². The van der Waals surface area contributed by atoms with Crippen LogP contribution in [0.15, 0.2) is 24.3 Å². The number of aromatic carboxylic acids is 2. The highest BCUT2D eigenvalue weighted by molar-refractivity contribution is 6.03. The predicted molar refractivity (Wildman–Crippen MR) is 148 cm³/mol. The van der Waals surface area contributed by atoms with E-state index in [9.17, 15) is 19.8 Å². The molecule has 0 saturated carbocycles. The second kappa shape index (κ2) is 12.9. The van der Waals surface area contributed by atoms with Crippen LogP contribution in [0.25, 0.3) is 0 Å². The molecule has 36 heavy (non-hydrogen) atoms. The Kier molecular flexibility index (Phi) is 11.2. The number of phenolic OH excluding ortho intramolecular Hbond substituents is 1. The Bertz CT molecular complexity index is 1020. The van der Waals surface area contributed by atoms with Crippen molar-refractivity contribution in [2.45, 2.75) is 112 Å². The van der Waals surface area contributed by atoms with E-state index in [1.807, 2.05) is 6.92 Å². The van der Waals surface area contributed by atoms with Crippen molar-refractivity contribution in [1.82, 2.24) is 0 Å². The maximum Gasteiger partial charge on any atom is 0.336 e. The van der Waals surface area contributed by atoms with Gasteiger partial charge in [-0.15, -0.1) is 0 Å². The van der Waals surface area contributed by atoms with Gasteiger partial charge in [-0.3, -0.25) is 0 Å². The first-order valence-corrected chi connectivity index (χ1v) is 13.0. The Morgan fingerprint density at radius 2 is 1.25 bits per heavy atom. The summed E-state index contributed by atoms with van der Waals surface area (Å²) in [5.41, 5.74) is 4.80. The zero-order valence-corrected chi connectivity index (χ0v) is 23.7. The summed E-state index contributed by atoms with van der Waals surface area (Å²) >= 11 is 0. The molecule has 0 bridgehead atoms. The molecule has 3 N–H and O–H groups in total. The Morgan fingerprint density at radius 3 is 1.64 bits per heavy atom. The molecule has 0 radical (unpaired) electrons. The van der Waals surface area contributed by atoms with Gasteiger partial charge in [0.05, 0.1) is 11.1 Å². The highest BCUT2D eigenvalue weighted by atomic mass is 16.4. The average Bonchev–Trinajstić information content (AvgIpc) is 2.75. The molecule has 0 fully saturated rings. The third-order valence-corrected chi connectivity index (χ3v) is 6.30. The van der Waals surface area contributed by atoms with E-state index in [1.54, 1.807) is 6.07 Å². The second-order valence-electron chi connectivity index (χ2n) is 11.7. The fourth-order valence-electron chi connectivity index (χ4n) is 4.28. The van der Waals surface area contributed by atoms with Crippen molar-refractivity contribution in [2.75, 3.05) is 0 Å². The predicted octanol–water partition coefficient (Wildman–Crippen LogP) is 8.06. The van der Waals surface area contributed by atoms with Crippen LogP contribution in [0.4, 0.5) is 0 Å². The van der Waals surface area contributed by atoms with Gasteiger partial charge < -0.3 is 15.3 Å². The Hall–Kier alpha value is -2.82. The van der Waals surface area contributed by atoms with Crippen LogP contribution in [0.5, 0.6) is 5.75 Å². The van der Waals surface area contributed by atoms with Crippen molar-refractivity contribution in [1.29, 1.82) is 0 Å². The first-order valence-electron chi connectivity index (χ1n) is 13.0. The van der Waals surface area contributed by atoms with Crippen molar-refractivity contribution < 1.29 is 24.9 Å². The van der Waals surface area contributed by atoms with Crippen LogP contribution in [-0.2, 0) is 23.7 Å². The van der Waals surface area contributed by atoms with E-state index in [4.69, 9.17) is 5.11 Å². The SMILES string of the molecule is CCCCc1ccc(C(=O)O)c(C(=O)O)c1CCCC.Cc1cc(C(C)(C)C)c(O)c(C(C)(C)C)c1. The van der Waals surface area contributed by atoms with Crippen LogP contribution in [0.2, 0.25) is 0 Å². The van der Waals surface area contributed by atoms with Crippen molar-refractivity contribution in [2.24, 2.45) is 0 Å². The van der Waals surface area contributed by atoms with E-state index in [-0.39, 0.29) is 22.0 Å².